The number of halogens is 1. The molecule has 8 nitrogen and oxygen atoms in total. The van der Waals surface area contributed by atoms with Crippen LogP contribution in [0, 0.1) is 5.82 Å². The van der Waals surface area contributed by atoms with Gasteiger partial charge in [-0.2, -0.15) is 10.2 Å². The number of aromatic amines is 1. The van der Waals surface area contributed by atoms with Gasteiger partial charge in [0.1, 0.15) is 17.7 Å². The molecule has 0 bridgehead atoms. The number of hydrogen-bond acceptors (Lipinski definition) is 6. The van der Waals surface area contributed by atoms with Gasteiger partial charge in [0, 0.05) is 0 Å². The van der Waals surface area contributed by atoms with E-state index < -0.39 is 11.9 Å². The topological polar surface area (TPSA) is 93.9 Å². The Kier molecular flexibility index (Phi) is 4.40. The lowest BCUT2D eigenvalue weighted by Gasteiger charge is -2.11. The molecule has 1 unspecified atom stereocenters. The van der Waals surface area contributed by atoms with Gasteiger partial charge in [-0.3, -0.25) is 5.10 Å². The van der Waals surface area contributed by atoms with Crippen molar-refractivity contribution < 1.29 is 9.13 Å². The van der Waals surface area contributed by atoms with Crippen LogP contribution < -0.4 is 4.74 Å². The molecule has 0 aliphatic rings. The van der Waals surface area contributed by atoms with Gasteiger partial charge in [-0.1, -0.05) is 42.5 Å². The summed E-state index contributed by atoms with van der Waals surface area (Å²) in [5.74, 6) is 0.799. The van der Waals surface area contributed by atoms with Gasteiger partial charge in [-0.25, -0.2) is 13.9 Å². The van der Waals surface area contributed by atoms with Crippen molar-refractivity contribution in [1.82, 2.24) is 35.0 Å². The van der Waals surface area contributed by atoms with Gasteiger partial charge >= 0.3 is 0 Å². The molecule has 2 aromatic carbocycles. The van der Waals surface area contributed by atoms with Crippen molar-refractivity contribution in [3.8, 4) is 28.4 Å². The van der Waals surface area contributed by atoms with Crippen molar-refractivity contribution >= 4 is 5.52 Å². The molecule has 5 rings (SSSR count). The van der Waals surface area contributed by atoms with E-state index in [1.165, 1.54) is 12.4 Å². The van der Waals surface area contributed by atoms with E-state index in [9.17, 15) is 4.39 Å². The van der Waals surface area contributed by atoms with Crippen molar-refractivity contribution in [1.29, 1.82) is 0 Å². The van der Waals surface area contributed by atoms with Crippen LogP contribution in [0.4, 0.5) is 4.39 Å². The summed E-state index contributed by atoms with van der Waals surface area (Å²) in [6.07, 6.45) is 2.57. The predicted molar refractivity (Wildman–Crippen MR) is 107 cm³/mol. The fourth-order valence-corrected chi connectivity index (χ4v) is 3.27. The molecule has 3 heterocycles. The van der Waals surface area contributed by atoms with Gasteiger partial charge in [0.05, 0.1) is 17.3 Å². The summed E-state index contributed by atoms with van der Waals surface area (Å²) in [4.78, 5) is 4.14. The van der Waals surface area contributed by atoms with Crippen LogP contribution >= 0.6 is 0 Å². The highest BCUT2D eigenvalue weighted by Gasteiger charge is 2.23. The van der Waals surface area contributed by atoms with Crippen molar-refractivity contribution in [2.45, 2.75) is 13.0 Å². The molecular weight excluding hydrogens is 385 g/mol. The van der Waals surface area contributed by atoms with Crippen LogP contribution in [0.3, 0.4) is 0 Å². The highest BCUT2D eigenvalue weighted by Crippen LogP contribution is 2.36. The first-order valence-electron chi connectivity index (χ1n) is 9.29. The molecule has 0 aliphatic heterocycles. The van der Waals surface area contributed by atoms with Gasteiger partial charge in [-0.15, -0.1) is 10.2 Å². The molecule has 3 aromatic heterocycles. The number of nitrogens with zero attached hydrogens (tertiary/aromatic N) is 6. The molecule has 0 saturated carbocycles. The molecule has 5 aromatic rings. The molecule has 1 atom stereocenters. The number of hydrogen-bond donors (Lipinski definition) is 1. The van der Waals surface area contributed by atoms with Crippen molar-refractivity contribution in [3.05, 3.63) is 78.8 Å². The Morgan fingerprint density at radius 3 is 2.63 bits per heavy atom. The number of benzene rings is 2. The van der Waals surface area contributed by atoms with Crippen LogP contribution in [0.15, 0.2) is 67.1 Å². The van der Waals surface area contributed by atoms with E-state index in [0.717, 1.165) is 11.1 Å². The average Bonchev–Trinajstić information content (AvgIpc) is 3.43. The SMILES string of the molecule is CC(Oc1nn2c(-c3ccccc3F)nncc2c1-c1ccccc1)c1ncn[nH]1. The van der Waals surface area contributed by atoms with Crippen molar-refractivity contribution in [3.63, 3.8) is 0 Å². The predicted octanol–water partition coefficient (Wildman–Crippen LogP) is 3.86. The zero-order valence-electron chi connectivity index (χ0n) is 15.9. The summed E-state index contributed by atoms with van der Waals surface area (Å²) < 4.78 is 22.2. The maximum atomic E-state index is 14.5. The quantitative estimate of drug-likeness (QED) is 0.481. The molecule has 0 aliphatic carbocycles. The van der Waals surface area contributed by atoms with Crippen LogP contribution in [0.25, 0.3) is 28.0 Å². The summed E-state index contributed by atoms with van der Waals surface area (Å²) in [6, 6.07) is 16.1. The summed E-state index contributed by atoms with van der Waals surface area (Å²) in [7, 11) is 0. The van der Waals surface area contributed by atoms with E-state index in [1.807, 2.05) is 37.3 Å². The summed E-state index contributed by atoms with van der Waals surface area (Å²) >= 11 is 0. The summed E-state index contributed by atoms with van der Waals surface area (Å²) in [5.41, 5.74) is 2.57. The Morgan fingerprint density at radius 2 is 1.87 bits per heavy atom. The molecule has 0 fully saturated rings. The third kappa shape index (κ3) is 3.06. The fraction of sp³-hybridized carbons (Fsp3) is 0.0952. The Bertz CT molecular complexity index is 1300. The summed E-state index contributed by atoms with van der Waals surface area (Å²) in [5, 5.41) is 19.5. The van der Waals surface area contributed by atoms with Gasteiger partial charge in [0.25, 0.3) is 0 Å². The lowest BCUT2D eigenvalue weighted by Crippen LogP contribution is -2.06. The molecule has 0 radical (unpaired) electrons. The lowest BCUT2D eigenvalue weighted by molar-refractivity contribution is 0.208. The van der Waals surface area contributed by atoms with E-state index in [-0.39, 0.29) is 5.82 Å². The van der Waals surface area contributed by atoms with Crippen LogP contribution in [-0.4, -0.2) is 35.0 Å². The molecule has 0 spiro atoms. The number of rotatable bonds is 5. The van der Waals surface area contributed by atoms with E-state index in [0.29, 0.717) is 22.8 Å². The standard InChI is InChI=1S/C21H16FN7O/c1-13(19-23-12-25-26-19)30-21-18(14-7-3-2-4-8-14)17-11-24-27-20(29(17)28-21)15-9-5-6-10-16(15)22/h2-13H,1H3,(H,23,25,26). The number of aromatic nitrogens is 7. The number of nitrogens with one attached hydrogen (secondary N) is 1. The molecule has 148 valence electrons. The monoisotopic (exact) mass is 401 g/mol. The Labute approximate surface area is 170 Å². The molecule has 0 amide bonds. The minimum atomic E-state index is -0.433. The van der Waals surface area contributed by atoms with Crippen molar-refractivity contribution in [2.75, 3.05) is 0 Å². The molecular formula is C21H16FN7O. The Morgan fingerprint density at radius 1 is 1.07 bits per heavy atom. The maximum Gasteiger partial charge on any atom is 0.242 e. The fourth-order valence-electron chi connectivity index (χ4n) is 3.27. The van der Waals surface area contributed by atoms with Crippen molar-refractivity contribution in [2.24, 2.45) is 0 Å². The number of H-pyrrole nitrogens is 1. The van der Waals surface area contributed by atoms with E-state index >= 15 is 0 Å². The second kappa shape index (κ2) is 7.36. The third-order valence-corrected chi connectivity index (χ3v) is 4.71. The van der Waals surface area contributed by atoms with E-state index in [1.54, 1.807) is 28.9 Å². The van der Waals surface area contributed by atoms with E-state index in [2.05, 4.69) is 30.5 Å². The smallest absolute Gasteiger partial charge is 0.242 e. The van der Waals surface area contributed by atoms with Crippen LogP contribution in [-0.2, 0) is 0 Å². The Hall–Kier alpha value is -4.14. The highest BCUT2D eigenvalue weighted by molar-refractivity contribution is 5.85. The van der Waals surface area contributed by atoms with Crippen LogP contribution in [0.5, 0.6) is 5.88 Å². The minimum Gasteiger partial charge on any atom is -0.465 e. The lowest BCUT2D eigenvalue weighted by atomic mass is 10.1. The number of ether oxygens (including phenoxy) is 1. The zero-order valence-corrected chi connectivity index (χ0v) is 15.9. The molecule has 9 heteroatoms. The van der Waals surface area contributed by atoms with Gasteiger partial charge in [-0.05, 0) is 24.6 Å². The normalized spacial score (nSPS) is 12.2. The average molecular weight is 401 g/mol. The first-order chi connectivity index (χ1) is 14.7. The molecule has 0 saturated heterocycles. The van der Waals surface area contributed by atoms with E-state index in [4.69, 9.17) is 4.74 Å². The second-order valence-electron chi connectivity index (χ2n) is 6.62. The van der Waals surface area contributed by atoms with Crippen LogP contribution in [0.2, 0.25) is 0 Å². The second-order valence-corrected chi connectivity index (χ2v) is 6.62. The van der Waals surface area contributed by atoms with Gasteiger partial charge < -0.3 is 4.74 Å². The largest absolute Gasteiger partial charge is 0.465 e. The number of fused-ring (bicyclic) bond motifs is 1. The van der Waals surface area contributed by atoms with Gasteiger partial charge in [0.15, 0.2) is 17.8 Å². The minimum absolute atomic E-state index is 0.282. The first kappa shape index (κ1) is 17.9. The Balaban J connectivity index is 1.72. The molecule has 1 N–H and O–H groups in total. The molecule has 30 heavy (non-hydrogen) atoms. The first-order valence-corrected chi connectivity index (χ1v) is 9.29. The maximum absolute atomic E-state index is 14.5. The summed E-state index contributed by atoms with van der Waals surface area (Å²) in [6.45, 7) is 1.84. The third-order valence-electron chi connectivity index (χ3n) is 4.71. The van der Waals surface area contributed by atoms with Crippen LogP contribution in [0.1, 0.15) is 18.9 Å². The van der Waals surface area contributed by atoms with Gasteiger partial charge in [0.2, 0.25) is 5.88 Å². The highest BCUT2D eigenvalue weighted by atomic mass is 19.1. The zero-order chi connectivity index (χ0) is 20.5.